The van der Waals surface area contributed by atoms with Crippen LogP contribution in [0, 0.1) is 20.8 Å². The molecule has 2 aromatic carbocycles. The van der Waals surface area contributed by atoms with Crippen LogP contribution in [0.25, 0.3) is 16.9 Å². The van der Waals surface area contributed by atoms with Gasteiger partial charge in [-0.2, -0.15) is 0 Å². The molecule has 0 fully saturated rings. The van der Waals surface area contributed by atoms with Crippen molar-refractivity contribution >= 4 is 27.3 Å². The number of aromatic nitrogens is 4. The summed E-state index contributed by atoms with van der Waals surface area (Å²) >= 11 is 0. The summed E-state index contributed by atoms with van der Waals surface area (Å²) in [6, 6.07) is 13.7. The quantitative estimate of drug-likeness (QED) is 0.410. The highest BCUT2D eigenvalue weighted by atomic mass is 32.2. The molecule has 0 aliphatic carbocycles. The first kappa shape index (κ1) is 24.3. The van der Waals surface area contributed by atoms with Gasteiger partial charge < -0.3 is 5.11 Å². The number of imidazole rings is 1. The van der Waals surface area contributed by atoms with Crippen molar-refractivity contribution in [3.63, 3.8) is 0 Å². The van der Waals surface area contributed by atoms with Crippen molar-refractivity contribution in [3.05, 3.63) is 77.0 Å². The number of carboxylic acid groups (broad SMARTS) is 1. The van der Waals surface area contributed by atoms with E-state index in [1.165, 1.54) is 12.1 Å². The topological polar surface area (TPSA) is 118 Å². The molecule has 4 rings (SSSR count). The molecule has 1 amide bonds. The van der Waals surface area contributed by atoms with Crippen LogP contribution in [0.3, 0.4) is 0 Å². The van der Waals surface area contributed by atoms with Gasteiger partial charge in [-0.25, -0.2) is 32.5 Å². The molecule has 0 saturated heterocycles. The van der Waals surface area contributed by atoms with Gasteiger partial charge in [0.15, 0.2) is 5.65 Å². The van der Waals surface area contributed by atoms with Crippen molar-refractivity contribution in [2.75, 3.05) is 6.54 Å². The summed E-state index contributed by atoms with van der Waals surface area (Å²) < 4.78 is 28.3. The van der Waals surface area contributed by atoms with Gasteiger partial charge in [0.2, 0.25) is 0 Å². The number of aryl methyl sites for hydroxylation is 4. The maximum Gasteiger partial charge on any atom is 0.421 e. The van der Waals surface area contributed by atoms with Crippen LogP contribution in [0.4, 0.5) is 4.79 Å². The smallest absolute Gasteiger partial charge is 0.421 e. The molecular weight excluding hydrogens is 466 g/mol. The van der Waals surface area contributed by atoms with Crippen LogP contribution in [0.2, 0.25) is 0 Å². The lowest BCUT2D eigenvalue weighted by Gasteiger charge is -2.19. The Labute approximate surface area is 204 Å². The standard InChI is InChI=1S/C25H27N5O4S/c1-5-22-28-23-17(3)26-18(4)27-24(23)30(22)20-10-8-19(9-11-20)14-15-29(25(31)32)35(33,34)21-12-6-16(2)7-13-21/h6-13H,5,14-15H2,1-4H3,(H,31,32). The minimum atomic E-state index is -4.17. The number of fused-ring (bicyclic) bond motifs is 1. The summed E-state index contributed by atoms with van der Waals surface area (Å²) in [5.74, 6) is 1.52. The zero-order valence-electron chi connectivity index (χ0n) is 20.1. The van der Waals surface area contributed by atoms with Gasteiger partial charge in [0.05, 0.1) is 10.6 Å². The van der Waals surface area contributed by atoms with Gasteiger partial charge in [0.1, 0.15) is 17.2 Å². The number of sulfonamides is 1. The number of hydrogen-bond donors (Lipinski definition) is 1. The maximum absolute atomic E-state index is 12.9. The van der Waals surface area contributed by atoms with E-state index in [0.717, 1.165) is 39.5 Å². The van der Waals surface area contributed by atoms with Crippen LogP contribution in [0.1, 0.15) is 35.4 Å². The van der Waals surface area contributed by atoms with E-state index in [1.54, 1.807) is 12.1 Å². The lowest BCUT2D eigenvalue weighted by atomic mass is 10.1. The van der Waals surface area contributed by atoms with E-state index in [-0.39, 0.29) is 17.9 Å². The zero-order valence-corrected chi connectivity index (χ0v) is 20.9. The van der Waals surface area contributed by atoms with E-state index in [9.17, 15) is 18.3 Å². The van der Waals surface area contributed by atoms with Crippen molar-refractivity contribution in [3.8, 4) is 5.69 Å². The van der Waals surface area contributed by atoms with E-state index in [4.69, 9.17) is 4.98 Å². The molecule has 0 spiro atoms. The zero-order chi connectivity index (χ0) is 25.3. The normalized spacial score (nSPS) is 11.7. The molecule has 0 aliphatic rings. The van der Waals surface area contributed by atoms with Crippen molar-refractivity contribution in [1.29, 1.82) is 0 Å². The van der Waals surface area contributed by atoms with E-state index in [0.29, 0.717) is 16.6 Å². The highest BCUT2D eigenvalue weighted by molar-refractivity contribution is 7.89. The summed E-state index contributed by atoms with van der Waals surface area (Å²) in [4.78, 5) is 25.5. The third kappa shape index (κ3) is 4.74. The largest absolute Gasteiger partial charge is 0.464 e. The average molecular weight is 494 g/mol. The van der Waals surface area contributed by atoms with Crippen LogP contribution in [0.15, 0.2) is 53.4 Å². The van der Waals surface area contributed by atoms with E-state index in [1.807, 2.05) is 56.5 Å². The molecule has 2 heterocycles. The third-order valence-electron chi connectivity index (χ3n) is 5.80. The second kappa shape index (κ2) is 9.46. The highest BCUT2D eigenvalue weighted by Gasteiger charge is 2.28. The van der Waals surface area contributed by atoms with Gasteiger partial charge in [-0.05, 0) is 57.0 Å². The fourth-order valence-electron chi connectivity index (χ4n) is 3.98. The summed E-state index contributed by atoms with van der Waals surface area (Å²) in [7, 11) is -4.17. The molecule has 2 aromatic heterocycles. The molecule has 0 aliphatic heterocycles. The van der Waals surface area contributed by atoms with Gasteiger partial charge >= 0.3 is 6.09 Å². The Morgan fingerprint density at radius 1 is 0.971 bits per heavy atom. The second-order valence-corrected chi connectivity index (χ2v) is 10.2. The van der Waals surface area contributed by atoms with Crippen molar-refractivity contribution in [2.45, 2.75) is 45.4 Å². The Morgan fingerprint density at radius 2 is 1.63 bits per heavy atom. The fourth-order valence-corrected chi connectivity index (χ4v) is 5.26. The van der Waals surface area contributed by atoms with Crippen LogP contribution in [0.5, 0.6) is 0 Å². The first-order valence-electron chi connectivity index (χ1n) is 11.3. The fraction of sp³-hybridized carbons (Fsp3) is 0.280. The second-order valence-electron chi connectivity index (χ2n) is 8.33. The van der Waals surface area contributed by atoms with E-state index >= 15 is 0 Å². The Morgan fingerprint density at radius 3 is 2.23 bits per heavy atom. The molecule has 10 heteroatoms. The molecule has 4 aromatic rings. The third-order valence-corrected chi connectivity index (χ3v) is 7.59. The molecule has 0 saturated carbocycles. The number of benzene rings is 2. The first-order chi connectivity index (χ1) is 16.6. The molecule has 0 unspecified atom stereocenters. The Kier molecular flexibility index (Phi) is 6.58. The lowest BCUT2D eigenvalue weighted by molar-refractivity contribution is 0.172. The van der Waals surface area contributed by atoms with Crippen molar-refractivity contribution in [2.24, 2.45) is 0 Å². The van der Waals surface area contributed by atoms with E-state index in [2.05, 4.69) is 9.97 Å². The predicted molar refractivity (Wildman–Crippen MR) is 132 cm³/mol. The van der Waals surface area contributed by atoms with Gasteiger partial charge in [0, 0.05) is 18.7 Å². The molecule has 182 valence electrons. The minimum Gasteiger partial charge on any atom is -0.464 e. The number of carbonyl (C=O) groups is 1. The number of amides is 1. The van der Waals surface area contributed by atoms with Crippen LogP contribution >= 0.6 is 0 Å². The van der Waals surface area contributed by atoms with Crippen molar-refractivity contribution in [1.82, 2.24) is 23.8 Å². The maximum atomic E-state index is 12.9. The SMILES string of the molecule is CCc1nc2c(C)nc(C)nc2n1-c1ccc(CCN(C(=O)O)S(=O)(=O)c2ccc(C)cc2)cc1. The summed E-state index contributed by atoms with van der Waals surface area (Å²) in [6.45, 7) is 7.43. The Hall–Kier alpha value is -3.79. The predicted octanol–water partition coefficient (Wildman–Crippen LogP) is 4.21. The monoisotopic (exact) mass is 493 g/mol. The number of hydrogen-bond acceptors (Lipinski definition) is 6. The molecule has 9 nitrogen and oxygen atoms in total. The number of rotatable bonds is 7. The van der Waals surface area contributed by atoms with Gasteiger partial charge in [-0.15, -0.1) is 0 Å². The summed E-state index contributed by atoms with van der Waals surface area (Å²) in [6.07, 6.45) is -0.560. The highest BCUT2D eigenvalue weighted by Crippen LogP contribution is 2.23. The molecule has 0 radical (unpaired) electrons. The summed E-state index contributed by atoms with van der Waals surface area (Å²) in [5, 5.41) is 9.60. The van der Waals surface area contributed by atoms with Gasteiger partial charge in [-0.1, -0.05) is 36.8 Å². The number of nitrogens with zero attached hydrogens (tertiary/aromatic N) is 5. The first-order valence-corrected chi connectivity index (χ1v) is 12.7. The van der Waals surface area contributed by atoms with E-state index < -0.39 is 16.1 Å². The molecule has 1 N–H and O–H groups in total. The lowest BCUT2D eigenvalue weighted by Crippen LogP contribution is -2.37. The molecule has 0 bridgehead atoms. The molecular formula is C25H27N5O4S. The van der Waals surface area contributed by atoms with Crippen LogP contribution in [-0.2, 0) is 22.9 Å². The van der Waals surface area contributed by atoms with Gasteiger partial charge in [-0.3, -0.25) is 4.57 Å². The minimum absolute atomic E-state index is 0.0486. The Bertz CT molecular complexity index is 1490. The van der Waals surface area contributed by atoms with Crippen LogP contribution < -0.4 is 0 Å². The van der Waals surface area contributed by atoms with Gasteiger partial charge in [0.25, 0.3) is 10.0 Å². The van der Waals surface area contributed by atoms with Crippen LogP contribution in [-0.4, -0.2) is 50.0 Å². The molecule has 0 atom stereocenters. The van der Waals surface area contributed by atoms with Crippen molar-refractivity contribution < 1.29 is 18.3 Å². The summed E-state index contributed by atoms with van der Waals surface area (Å²) in [5.41, 5.74) is 4.88. The average Bonchev–Trinajstić information content (AvgIpc) is 3.18. The Balaban J connectivity index is 1.59. The molecule has 35 heavy (non-hydrogen) atoms.